The molecule has 3 rings (SSSR count). The van der Waals surface area contributed by atoms with E-state index in [4.69, 9.17) is 9.47 Å². The molecule has 9 nitrogen and oxygen atoms in total. The number of nitrogens with zero attached hydrogens (tertiary/aromatic N) is 1. The van der Waals surface area contributed by atoms with Crippen LogP contribution in [0.15, 0.2) is 42.5 Å². The van der Waals surface area contributed by atoms with Gasteiger partial charge in [-0.05, 0) is 55.8 Å². The van der Waals surface area contributed by atoms with Gasteiger partial charge in [-0.3, -0.25) is 14.4 Å². The minimum atomic E-state index is -4.02. The molecule has 33 heavy (non-hydrogen) atoms. The van der Waals surface area contributed by atoms with Crippen LogP contribution in [0.3, 0.4) is 0 Å². The fraction of sp³-hybridized carbons (Fsp3) is 0.348. The molecular formula is C23H26N2O7S. The van der Waals surface area contributed by atoms with E-state index in [0.29, 0.717) is 42.4 Å². The Morgan fingerprint density at radius 3 is 2.48 bits per heavy atom. The van der Waals surface area contributed by atoms with E-state index >= 15 is 0 Å². The highest BCUT2D eigenvalue weighted by Gasteiger charge is 2.27. The molecule has 0 radical (unpaired) electrons. The summed E-state index contributed by atoms with van der Waals surface area (Å²) in [6.07, 6.45) is 0.710. The molecule has 2 aromatic carbocycles. The molecular weight excluding hydrogens is 448 g/mol. The Morgan fingerprint density at radius 1 is 1.09 bits per heavy atom. The number of ketones is 1. The van der Waals surface area contributed by atoms with Gasteiger partial charge in [0.05, 0.1) is 12.3 Å². The molecule has 0 unspecified atom stereocenters. The topological polar surface area (TPSA) is 119 Å². The fourth-order valence-corrected chi connectivity index (χ4v) is 4.52. The lowest BCUT2D eigenvalue weighted by atomic mass is 10.1. The van der Waals surface area contributed by atoms with Crippen molar-refractivity contribution in [1.82, 2.24) is 0 Å². The van der Waals surface area contributed by atoms with Crippen molar-refractivity contribution < 1.29 is 32.3 Å². The second-order valence-corrected chi connectivity index (χ2v) is 9.54. The highest BCUT2D eigenvalue weighted by atomic mass is 32.2. The number of hydrogen-bond acceptors (Lipinski definition) is 7. The molecule has 1 heterocycles. The molecule has 1 aliphatic heterocycles. The summed E-state index contributed by atoms with van der Waals surface area (Å²) in [7, 11) is -4.02. The van der Waals surface area contributed by atoms with Gasteiger partial charge in [0, 0.05) is 17.8 Å². The summed E-state index contributed by atoms with van der Waals surface area (Å²) < 4.78 is 35.7. The molecule has 0 bridgehead atoms. The Bertz CT molecular complexity index is 1140. The number of carbonyl (C=O) groups excluding carboxylic acids is 3. The SMILES string of the molecule is CCCN1C(=O)COc2ccc(C(=O)CS(=O)(=O)CC(=O)Nc3ccc(OCC)cc3)cc21. The summed E-state index contributed by atoms with van der Waals surface area (Å²) in [6.45, 7) is 4.64. The zero-order valence-electron chi connectivity index (χ0n) is 18.5. The van der Waals surface area contributed by atoms with Gasteiger partial charge in [0.15, 0.2) is 22.2 Å². The van der Waals surface area contributed by atoms with Crippen molar-refractivity contribution in [2.75, 3.05) is 41.5 Å². The minimum absolute atomic E-state index is 0.0852. The summed E-state index contributed by atoms with van der Waals surface area (Å²) in [6, 6.07) is 11.0. The van der Waals surface area contributed by atoms with E-state index in [-0.39, 0.29) is 18.1 Å². The van der Waals surface area contributed by atoms with Gasteiger partial charge >= 0.3 is 0 Å². The zero-order chi connectivity index (χ0) is 24.0. The lowest BCUT2D eigenvalue weighted by Gasteiger charge is -2.29. The van der Waals surface area contributed by atoms with Crippen molar-refractivity contribution in [3.8, 4) is 11.5 Å². The van der Waals surface area contributed by atoms with E-state index in [9.17, 15) is 22.8 Å². The third-order valence-electron chi connectivity index (χ3n) is 4.82. The molecule has 176 valence electrons. The average molecular weight is 475 g/mol. The average Bonchev–Trinajstić information content (AvgIpc) is 2.76. The van der Waals surface area contributed by atoms with Gasteiger partial charge in [-0.2, -0.15) is 0 Å². The number of carbonyl (C=O) groups is 3. The van der Waals surface area contributed by atoms with Crippen LogP contribution in [-0.2, 0) is 19.4 Å². The molecule has 0 saturated heterocycles. The zero-order valence-corrected chi connectivity index (χ0v) is 19.3. The van der Waals surface area contributed by atoms with Gasteiger partial charge in [0.25, 0.3) is 5.91 Å². The summed E-state index contributed by atoms with van der Waals surface area (Å²) in [5, 5.41) is 2.50. The molecule has 2 aromatic rings. The Kier molecular flexibility index (Phi) is 7.70. The number of fused-ring (bicyclic) bond motifs is 1. The number of sulfone groups is 1. The largest absolute Gasteiger partial charge is 0.494 e. The molecule has 1 aliphatic rings. The van der Waals surface area contributed by atoms with Crippen LogP contribution >= 0.6 is 0 Å². The van der Waals surface area contributed by atoms with Crippen LogP contribution in [0, 0.1) is 0 Å². The van der Waals surface area contributed by atoms with Crippen LogP contribution in [0.25, 0.3) is 0 Å². The van der Waals surface area contributed by atoms with E-state index in [2.05, 4.69) is 5.32 Å². The molecule has 0 aromatic heterocycles. The second-order valence-electron chi connectivity index (χ2n) is 7.48. The van der Waals surface area contributed by atoms with E-state index < -0.39 is 33.0 Å². The molecule has 0 spiro atoms. The number of nitrogens with one attached hydrogen (secondary N) is 1. The van der Waals surface area contributed by atoms with Crippen LogP contribution in [-0.4, -0.2) is 57.3 Å². The van der Waals surface area contributed by atoms with Crippen molar-refractivity contribution in [2.45, 2.75) is 20.3 Å². The van der Waals surface area contributed by atoms with Crippen LogP contribution < -0.4 is 19.7 Å². The fourth-order valence-electron chi connectivity index (χ4n) is 3.38. The predicted molar refractivity (Wildman–Crippen MR) is 124 cm³/mol. The Balaban J connectivity index is 1.65. The normalized spacial score (nSPS) is 13.2. The van der Waals surface area contributed by atoms with Gasteiger partial charge in [-0.25, -0.2) is 8.42 Å². The first-order chi connectivity index (χ1) is 15.7. The lowest BCUT2D eigenvalue weighted by Crippen LogP contribution is -2.39. The summed E-state index contributed by atoms with van der Waals surface area (Å²) in [5.74, 6) is -2.22. The predicted octanol–water partition coefficient (Wildman–Crippen LogP) is 2.46. The highest BCUT2D eigenvalue weighted by molar-refractivity contribution is 7.92. The standard InChI is InChI=1S/C23H26N2O7S/c1-3-11-25-19-12-16(5-10-21(19)32-13-23(25)28)20(26)14-33(29,30)15-22(27)24-17-6-8-18(9-7-17)31-4-2/h5-10,12H,3-4,11,13-15H2,1-2H3,(H,24,27). The van der Waals surface area contributed by atoms with Crippen LogP contribution in [0.2, 0.25) is 0 Å². The first kappa shape index (κ1) is 24.2. The van der Waals surface area contributed by atoms with E-state index in [0.717, 1.165) is 0 Å². The number of benzene rings is 2. The molecule has 0 atom stereocenters. The van der Waals surface area contributed by atoms with Gasteiger partial charge in [-0.15, -0.1) is 0 Å². The van der Waals surface area contributed by atoms with Crippen LogP contribution in [0.1, 0.15) is 30.6 Å². The Hall–Kier alpha value is -3.40. The van der Waals surface area contributed by atoms with Gasteiger partial charge in [0.2, 0.25) is 5.91 Å². The van der Waals surface area contributed by atoms with Crippen molar-refractivity contribution in [3.05, 3.63) is 48.0 Å². The molecule has 0 aliphatic carbocycles. The quantitative estimate of drug-likeness (QED) is 0.525. The summed E-state index contributed by atoms with van der Waals surface area (Å²) in [4.78, 5) is 38.5. The van der Waals surface area contributed by atoms with Gasteiger partial charge in [0.1, 0.15) is 23.0 Å². The first-order valence-corrected chi connectivity index (χ1v) is 12.4. The molecule has 1 N–H and O–H groups in total. The maximum absolute atomic E-state index is 12.7. The summed E-state index contributed by atoms with van der Waals surface area (Å²) >= 11 is 0. The molecule has 10 heteroatoms. The monoisotopic (exact) mass is 474 g/mol. The van der Waals surface area contributed by atoms with Crippen LogP contribution in [0.4, 0.5) is 11.4 Å². The smallest absolute Gasteiger partial charge is 0.265 e. The molecule has 0 saturated carbocycles. The van der Waals surface area contributed by atoms with Crippen molar-refractivity contribution >= 4 is 38.8 Å². The van der Waals surface area contributed by atoms with Gasteiger partial charge in [-0.1, -0.05) is 6.92 Å². The number of amides is 2. The van der Waals surface area contributed by atoms with Crippen molar-refractivity contribution in [3.63, 3.8) is 0 Å². The summed E-state index contributed by atoms with van der Waals surface area (Å²) in [5.41, 5.74) is 0.980. The molecule has 2 amide bonds. The van der Waals surface area contributed by atoms with Crippen molar-refractivity contribution in [1.29, 1.82) is 0 Å². The molecule has 0 fully saturated rings. The first-order valence-electron chi connectivity index (χ1n) is 10.6. The van der Waals surface area contributed by atoms with E-state index in [1.807, 2.05) is 13.8 Å². The highest BCUT2D eigenvalue weighted by Crippen LogP contribution is 2.33. The Labute approximate surface area is 192 Å². The maximum atomic E-state index is 12.7. The third kappa shape index (κ3) is 6.32. The van der Waals surface area contributed by atoms with E-state index in [1.165, 1.54) is 17.0 Å². The van der Waals surface area contributed by atoms with Gasteiger partial charge < -0.3 is 19.7 Å². The second kappa shape index (κ2) is 10.5. The lowest BCUT2D eigenvalue weighted by molar-refractivity contribution is -0.121. The number of Topliss-reactive ketones (excluding diaryl/α,β-unsaturated/α-hetero) is 1. The number of anilines is 2. The number of hydrogen-bond donors (Lipinski definition) is 1. The number of rotatable bonds is 10. The maximum Gasteiger partial charge on any atom is 0.265 e. The van der Waals surface area contributed by atoms with Crippen molar-refractivity contribution in [2.24, 2.45) is 0 Å². The third-order valence-corrected chi connectivity index (χ3v) is 6.23. The minimum Gasteiger partial charge on any atom is -0.494 e. The van der Waals surface area contributed by atoms with Crippen LogP contribution in [0.5, 0.6) is 11.5 Å². The number of ether oxygens (including phenoxy) is 2. The van der Waals surface area contributed by atoms with E-state index in [1.54, 1.807) is 30.3 Å². The Morgan fingerprint density at radius 2 is 1.82 bits per heavy atom.